The van der Waals surface area contributed by atoms with Gasteiger partial charge in [-0.25, -0.2) is 14.8 Å². The summed E-state index contributed by atoms with van der Waals surface area (Å²) in [6, 6.07) is 8.24. The molecule has 5 rings (SSSR count). The largest absolute Gasteiger partial charge is 0.444 e. The molecule has 0 atom stereocenters. The lowest BCUT2D eigenvalue weighted by molar-refractivity contribution is 0.0270. The number of aromatic nitrogens is 3. The fourth-order valence-corrected chi connectivity index (χ4v) is 4.58. The van der Waals surface area contributed by atoms with Crippen LogP contribution >= 0.6 is 0 Å². The van der Waals surface area contributed by atoms with Crippen molar-refractivity contribution in [2.75, 3.05) is 56.5 Å². The van der Waals surface area contributed by atoms with Crippen molar-refractivity contribution in [2.45, 2.75) is 32.8 Å². The van der Waals surface area contributed by atoms with E-state index in [0.29, 0.717) is 13.1 Å². The van der Waals surface area contributed by atoms with Crippen LogP contribution < -0.4 is 10.2 Å². The number of carbonyl (C=O) groups excluding carboxylic acids is 1. The molecule has 0 radical (unpaired) electrons. The molecule has 3 aromatic heterocycles. The van der Waals surface area contributed by atoms with Gasteiger partial charge in [0, 0.05) is 74.5 Å². The van der Waals surface area contributed by atoms with E-state index in [1.54, 1.807) is 4.90 Å². The first-order chi connectivity index (χ1) is 17.2. The highest BCUT2D eigenvalue weighted by Gasteiger charge is 2.24. The standard InChI is InChI=1S/C27H35N7O2/c1-27(2,3)36-26(35)34-11-7-19(8-12-34)23-18-21-22(6-10-29-25(21)31-23)30-20-5-9-28-24(17-20)33-15-13-32(4)14-16-33/h5-7,9-10,17-18H,8,11-16H2,1-4H3,(H2,28,29,30,31). The maximum atomic E-state index is 12.4. The average Bonchev–Trinajstić information content (AvgIpc) is 3.29. The highest BCUT2D eigenvalue weighted by molar-refractivity contribution is 5.94. The number of aromatic amines is 1. The quantitative estimate of drug-likeness (QED) is 0.559. The Labute approximate surface area is 212 Å². The van der Waals surface area contributed by atoms with E-state index in [1.807, 2.05) is 45.3 Å². The Morgan fingerprint density at radius 1 is 1.06 bits per heavy atom. The van der Waals surface area contributed by atoms with E-state index in [4.69, 9.17) is 4.74 Å². The molecule has 0 spiro atoms. The monoisotopic (exact) mass is 489 g/mol. The van der Waals surface area contributed by atoms with Gasteiger partial charge in [-0.2, -0.15) is 0 Å². The second-order valence-corrected chi connectivity index (χ2v) is 10.5. The molecule has 5 heterocycles. The number of nitrogens with one attached hydrogen (secondary N) is 2. The number of amides is 1. The van der Waals surface area contributed by atoms with E-state index in [1.165, 1.54) is 5.57 Å². The van der Waals surface area contributed by atoms with Gasteiger partial charge in [0.25, 0.3) is 0 Å². The highest BCUT2D eigenvalue weighted by atomic mass is 16.6. The number of likely N-dealkylation sites (N-methyl/N-ethyl adjacent to an activating group) is 1. The Morgan fingerprint density at radius 2 is 1.83 bits per heavy atom. The molecule has 36 heavy (non-hydrogen) atoms. The summed E-state index contributed by atoms with van der Waals surface area (Å²) in [5, 5.41) is 4.60. The third kappa shape index (κ3) is 5.46. The van der Waals surface area contributed by atoms with Crippen LogP contribution in [0.5, 0.6) is 0 Å². The first-order valence-electron chi connectivity index (χ1n) is 12.6. The first kappa shape index (κ1) is 24.1. The molecular weight excluding hydrogens is 454 g/mol. The van der Waals surface area contributed by atoms with E-state index in [9.17, 15) is 4.79 Å². The number of hydrogen-bond donors (Lipinski definition) is 2. The van der Waals surface area contributed by atoms with Crippen LogP contribution in [0.2, 0.25) is 0 Å². The van der Waals surface area contributed by atoms with Crippen molar-refractivity contribution in [2.24, 2.45) is 0 Å². The SMILES string of the molecule is CN1CCN(c2cc(Nc3ccnc4[nH]c(C5=CCN(C(=O)OC(C)(C)C)CC5)cc34)ccn2)CC1. The van der Waals surface area contributed by atoms with Crippen LogP contribution in [0.15, 0.2) is 42.7 Å². The summed E-state index contributed by atoms with van der Waals surface area (Å²) in [4.78, 5) is 31.4. The van der Waals surface area contributed by atoms with Crippen LogP contribution in [0.4, 0.5) is 22.0 Å². The molecule has 2 aliphatic heterocycles. The molecule has 1 amide bonds. The topological polar surface area (TPSA) is 89.6 Å². The molecule has 0 unspecified atom stereocenters. The van der Waals surface area contributed by atoms with Crippen LogP contribution in [-0.4, -0.2) is 82.8 Å². The lowest BCUT2D eigenvalue weighted by Gasteiger charge is -2.33. The van der Waals surface area contributed by atoms with Gasteiger partial charge in [-0.15, -0.1) is 0 Å². The van der Waals surface area contributed by atoms with Crippen LogP contribution in [-0.2, 0) is 4.74 Å². The fraction of sp³-hybridized carbons (Fsp3) is 0.444. The Hall–Kier alpha value is -3.59. The van der Waals surface area contributed by atoms with E-state index >= 15 is 0 Å². The molecule has 9 nitrogen and oxygen atoms in total. The molecule has 1 fully saturated rings. The van der Waals surface area contributed by atoms with Crippen molar-refractivity contribution in [1.29, 1.82) is 0 Å². The minimum absolute atomic E-state index is 0.268. The van der Waals surface area contributed by atoms with Crippen molar-refractivity contribution in [1.82, 2.24) is 24.8 Å². The molecule has 190 valence electrons. The van der Waals surface area contributed by atoms with Crippen molar-refractivity contribution < 1.29 is 9.53 Å². The summed E-state index contributed by atoms with van der Waals surface area (Å²) in [6.07, 6.45) is 6.26. The number of ether oxygens (including phenoxy) is 1. The van der Waals surface area contributed by atoms with Crippen LogP contribution in [0.1, 0.15) is 32.9 Å². The predicted molar refractivity (Wildman–Crippen MR) is 144 cm³/mol. The number of hydrogen-bond acceptors (Lipinski definition) is 7. The van der Waals surface area contributed by atoms with Gasteiger partial charge >= 0.3 is 6.09 Å². The highest BCUT2D eigenvalue weighted by Crippen LogP contribution is 2.31. The lowest BCUT2D eigenvalue weighted by atomic mass is 10.0. The van der Waals surface area contributed by atoms with E-state index in [2.05, 4.69) is 55.3 Å². The van der Waals surface area contributed by atoms with Crippen molar-refractivity contribution in [3.05, 3.63) is 48.4 Å². The van der Waals surface area contributed by atoms with E-state index in [0.717, 1.165) is 66.5 Å². The molecule has 0 aliphatic carbocycles. The van der Waals surface area contributed by atoms with E-state index < -0.39 is 5.60 Å². The first-order valence-corrected chi connectivity index (χ1v) is 12.6. The molecule has 3 aromatic rings. The molecule has 0 bridgehead atoms. The van der Waals surface area contributed by atoms with Crippen LogP contribution in [0.25, 0.3) is 16.6 Å². The Balaban J connectivity index is 1.32. The number of carbonyl (C=O) groups is 1. The zero-order valence-electron chi connectivity index (χ0n) is 21.5. The number of pyridine rings is 2. The maximum Gasteiger partial charge on any atom is 0.410 e. The van der Waals surface area contributed by atoms with Crippen LogP contribution in [0, 0.1) is 0 Å². The average molecular weight is 490 g/mol. The number of rotatable bonds is 4. The minimum Gasteiger partial charge on any atom is -0.444 e. The van der Waals surface area contributed by atoms with Gasteiger partial charge in [0.2, 0.25) is 0 Å². The molecule has 2 aliphatic rings. The number of piperazine rings is 1. The summed E-state index contributed by atoms with van der Waals surface area (Å²) >= 11 is 0. The molecular formula is C27H35N7O2. The summed E-state index contributed by atoms with van der Waals surface area (Å²) in [7, 11) is 2.16. The second kappa shape index (κ2) is 9.81. The third-order valence-corrected chi connectivity index (χ3v) is 6.59. The van der Waals surface area contributed by atoms with Gasteiger partial charge in [0.1, 0.15) is 17.1 Å². The molecule has 0 saturated carbocycles. The van der Waals surface area contributed by atoms with Crippen LogP contribution in [0.3, 0.4) is 0 Å². The summed E-state index contributed by atoms with van der Waals surface area (Å²) in [6.45, 7) is 10.9. The third-order valence-electron chi connectivity index (χ3n) is 6.59. The van der Waals surface area contributed by atoms with Crippen molar-refractivity contribution in [3.63, 3.8) is 0 Å². The van der Waals surface area contributed by atoms with Gasteiger partial charge in [0.05, 0.1) is 5.69 Å². The Kier molecular flexibility index (Phi) is 6.57. The second-order valence-electron chi connectivity index (χ2n) is 10.5. The summed E-state index contributed by atoms with van der Waals surface area (Å²) < 4.78 is 5.51. The molecule has 9 heteroatoms. The smallest absolute Gasteiger partial charge is 0.410 e. The summed E-state index contributed by atoms with van der Waals surface area (Å²) in [5.74, 6) is 0.995. The lowest BCUT2D eigenvalue weighted by Crippen LogP contribution is -2.44. The number of fused-ring (bicyclic) bond motifs is 1. The number of nitrogens with zero attached hydrogens (tertiary/aromatic N) is 5. The van der Waals surface area contributed by atoms with Gasteiger partial charge < -0.3 is 29.7 Å². The zero-order chi connectivity index (χ0) is 25.3. The predicted octanol–water partition coefficient (Wildman–Crippen LogP) is 4.48. The van der Waals surface area contributed by atoms with E-state index in [-0.39, 0.29) is 6.09 Å². The Bertz CT molecular complexity index is 1270. The van der Waals surface area contributed by atoms with Gasteiger partial charge in [-0.05, 0) is 58.0 Å². The zero-order valence-corrected chi connectivity index (χ0v) is 21.5. The molecule has 1 saturated heterocycles. The molecule has 2 N–H and O–H groups in total. The fourth-order valence-electron chi connectivity index (χ4n) is 4.58. The van der Waals surface area contributed by atoms with Gasteiger partial charge in [-0.1, -0.05) is 6.08 Å². The van der Waals surface area contributed by atoms with Gasteiger partial charge in [-0.3, -0.25) is 0 Å². The van der Waals surface area contributed by atoms with Crippen molar-refractivity contribution >= 4 is 39.9 Å². The number of anilines is 3. The van der Waals surface area contributed by atoms with Gasteiger partial charge in [0.15, 0.2) is 0 Å². The number of H-pyrrole nitrogens is 1. The summed E-state index contributed by atoms with van der Waals surface area (Å²) in [5.41, 5.74) is 4.54. The maximum absolute atomic E-state index is 12.4. The Morgan fingerprint density at radius 3 is 2.56 bits per heavy atom. The minimum atomic E-state index is -0.493. The molecule has 0 aromatic carbocycles. The normalized spacial score (nSPS) is 17.3. The van der Waals surface area contributed by atoms with Crippen molar-refractivity contribution in [3.8, 4) is 0 Å².